The lowest BCUT2D eigenvalue weighted by atomic mass is 10.1. The van der Waals surface area contributed by atoms with Crippen molar-refractivity contribution < 1.29 is 19.1 Å². The SMILES string of the molecule is Cc1cnc(CNC(=O)N2CCCC2CC(=O)O)o1. The van der Waals surface area contributed by atoms with E-state index in [1.54, 1.807) is 18.0 Å². The predicted molar refractivity (Wildman–Crippen MR) is 65.5 cm³/mol. The van der Waals surface area contributed by atoms with E-state index in [9.17, 15) is 9.59 Å². The van der Waals surface area contributed by atoms with Crippen molar-refractivity contribution in [1.29, 1.82) is 0 Å². The summed E-state index contributed by atoms with van der Waals surface area (Å²) in [7, 11) is 0. The van der Waals surface area contributed by atoms with Crippen LogP contribution in [-0.2, 0) is 11.3 Å². The van der Waals surface area contributed by atoms with Gasteiger partial charge in [0.15, 0.2) is 0 Å². The molecule has 0 spiro atoms. The Balaban J connectivity index is 1.86. The van der Waals surface area contributed by atoms with Crippen LogP contribution in [0.15, 0.2) is 10.6 Å². The van der Waals surface area contributed by atoms with Crippen LogP contribution in [0.5, 0.6) is 0 Å². The van der Waals surface area contributed by atoms with E-state index in [1.807, 2.05) is 0 Å². The van der Waals surface area contributed by atoms with E-state index in [-0.39, 0.29) is 25.0 Å². The molecular formula is C12H17N3O4. The molecule has 7 nitrogen and oxygen atoms in total. The maximum Gasteiger partial charge on any atom is 0.318 e. The number of oxazole rings is 1. The molecular weight excluding hydrogens is 250 g/mol. The fraction of sp³-hybridized carbons (Fsp3) is 0.583. The minimum Gasteiger partial charge on any atom is -0.481 e. The average molecular weight is 267 g/mol. The van der Waals surface area contributed by atoms with E-state index in [1.165, 1.54) is 0 Å². The molecule has 1 fully saturated rings. The Kier molecular flexibility index (Phi) is 4.03. The number of carbonyl (C=O) groups is 2. The first-order valence-corrected chi connectivity index (χ1v) is 6.24. The van der Waals surface area contributed by atoms with Crippen LogP contribution in [0.3, 0.4) is 0 Å². The monoisotopic (exact) mass is 267 g/mol. The molecule has 0 aliphatic carbocycles. The lowest BCUT2D eigenvalue weighted by Crippen LogP contribution is -2.43. The Morgan fingerprint density at radius 3 is 3.05 bits per heavy atom. The topological polar surface area (TPSA) is 95.7 Å². The molecule has 0 aromatic carbocycles. The number of nitrogens with zero attached hydrogens (tertiary/aromatic N) is 2. The fourth-order valence-corrected chi connectivity index (χ4v) is 2.25. The summed E-state index contributed by atoms with van der Waals surface area (Å²) in [4.78, 5) is 28.3. The Hall–Kier alpha value is -2.05. The fourth-order valence-electron chi connectivity index (χ4n) is 2.25. The number of carbonyl (C=O) groups excluding carboxylic acids is 1. The Morgan fingerprint density at radius 2 is 2.42 bits per heavy atom. The lowest BCUT2D eigenvalue weighted by Gasteiger charge is -2.23. The highest BCUT2D eigenvalue weighted by molar-refractivity contribution is 5.76. The number of aliphatic carboxylic acids is 1. The number of carboxylic acid groups (broad SMARTS) is 1. The summed E-state index contributed by atoms with van der Waals surface area (Å²) < 4.78 is 5.25. The van der Waals surface area contributed by atoms with Crippen molar-refractivity contribution in [3.8, 4) is 0 Å². The van der Waals surface area contributed by atoms with Gasteiger partial charge in [0.2, 0.25) is 5.89 Å². The third-order valence-corrected chi connectivity index (χ3v) is 3.11. The second-order valence-electron chi connectivity index (χ2n) is 4.61. The molecule has 2 rings (SSSR count). The van der Waals surface area contributed by atoms with Crippen LogP contribution in [0.25, 0.3) is 0 Å². The van der Waals surface area contributed by atoms with Crippen LogP contribution in [0, 0.1) is 6.92 Å². The number of likely N-dealkylation sites (tertiary alicyclic amines) is 1. The van der Waals surface area contributed by atoms with Gasteiger partial charge in [0.25, 0.3) is 0 Å². The van der Waals surface area contributed by atoms with Gasteiger partial charge in [-0.05, 0) is 19.8 Å². The molecule has 1 saturated heterocycles. The van der Waals surface area contributed by atoms with Gasteiger partial charge < -0.3 is 19.7 Å². The van der Waals surface area contributed by atoms with E-state index in [4.69, 9.17) is 9.52 Å². The largest absolute Gasteiger partial charge is 0.481 e. The quantitative estimate of drug-likeness (QED) is 0.852. The third-order valence-electron chi connectivity index (χ3n) is 3.11. The second kappa shape index (κ2) is 5.73. The van der Waals surface area contributed by atoms with Crippen molar-refractivity contribution in [3.05, 3.63) is 17.8 Å². The summed E-state index contributed by atoms with van der Waals surface area (Å²) in [6, 6.07) is -0.483. The van der Waals surface area contributed by atoms with Gasteiger partial charge >= 0.3 is 12.0 Å². The number of amides is 2. The molecule has 104 valence electrons. The number of nitrogens with one attached hydrogen (secondary N) is 1. The average Bonchev–Trinajstić information content (AvgIpc) is 2.94. The van der Waals surface area contributed by atoms with Gasteiger partial charge in [0.1, 0.15) is 5.76 Å². The zero-order valence-electron chi connectivity index (χ0n) is 10.8. The van der Waals surface area contributed by atoms with E-state index < -0.39 is 5.97 Å². The first kappa shape index (κ1) is 13.4. The minimum absolute atomic E-state index is 0.00840. The van der Waals surface area contributed by atoms with Crippen molar-refractivity contribution in [2.24, 2.45) is 0 Å². The van der Waals surface area contributed by atoms with Gasteiger partial charge in [-0.15, -0.1) is 0 Å². The standard InChI is InChI=1S/C12H17N3O4/c1-8-6-13-10(19-8)7-14-12(18)15-4-2-3-9(15)5-11(16)17/h6,9H,2-5,7H2,1H3,(H,14,18)(H,16,17). The van der Waals surface area contributed by atoms with Crippen molar-refractivity contribution in [1.82, 2.24) is 15.2 Å². The van der Waals surface area contributed by atoms with Crippen molar-refractivity contribution in [2.45, 2.75) is 38.8 Å². The summed E-state index contributed by atoms with van der Waals surface area (Å²) in [6.45, 7) is 2.58. The highest BCUT2D eigenvalue weighted by Gasteiger charge is 2.30. The van der Waals surface area contributed by atoms with Gasteiger partial charge in [0.05, 0.1) is 19.2 Å². The van der Waals surface area contributed by atoms with E-state index in [0.717, 1.165) is 12.8 Å². The molecule has 1 aliphatic heterocycles. The van der Waals surface area contributed by atoms with Gasteiger partial charge in [-0.25, -0.2) is 9.78 Å². The highest BCUT2D eigenvalue weighted by Crippen LogP contribution is 2.20. The maximum atomic E-state index is 12.0. The number of urea groups is 1. The molecule has 1 aromatic heterocycles. The van der Waals surface area contributed by atoms with Gasteiger partial charge in [-0.1, -0.05) is 0 Å². The summed E-state index contributed by atoms with van der Waals surface area (Å²) in [6.07, 6.45) is 3.15. The molecule has 1 atom stereocenters. The second-order valence-corrected chi connectivity index (χ2v) is 4.61. The van der Waals surface area contributed by atoms with Crippen LogP contribution < -0.4 is 5.32 Å². The van der Waals surface area contributed by atoms with Crippen LogP contribution in [-0.4, -0.2) is 39.6 Å². The summed E-state index contributed by atoms with van der Waals surface area (Å²) in [5.41, 5.74) is 0. The normalized spacial score (nSPS) is 18.6. The minimum atomic E-state index is -0.881. The Labute approximate surface area is 110 Å². The van der Waals surface area contributed by atoms with Gasteiger partial charge in [-0.3, -0.25) is 4.79 Å². The molecule has 2 amide bonds. The predicted octanol–water partition coefficient (Wildman–Crippen LogP) is 1.13. The maximum absolute atomic E-state index is 12.0. The molecule has 1 unspecified atom stereocenters. The number of rotatable bonds is 4. The molecule has 0 saturated carbocycles. The summed E-state index contributed by atoms with van der Waals surface area (Å²) in [5.74, 6) is 0.252. The van der Waals surface area contributed by atoms with E-state index in [0.29, 0.717) is 18.2 Å². The summed E-state index contributed by atoms with van der Waals surface area (Å²) >= 11 is 0. The van der Waals surface area contributed by atoms with Crippen LogP contribution >= 0.6 is 0 Å². The Bertz CT molecular complexity index is 471. The first-order valence-electron chi connectivity index (χ1n) is 6.24. The van der Waals surface area contributed by atoms with Gasteiger partial charge in [-0.2, -0.15) is 0 Å². The van der Waals surface area contributed by atoms with E-state index in [2.05, 4.69) is 10.3 Å². The zero-order chi connectivity index (χ0) is 13.8. The molecule has 0 bridgehead atoms. The smallest absolute Gasteiger partial charge is 0.318 e. The molecule has 2 N–H and O–H groups in total. The van der Waals surface area contributed by atoms with Crippen molar-refractivity contribution in [3.63, 3.8) is 0 Å². The molecule has 1 aromatic rings. The molecule has 2 heterocycles. The third kappa shape index (κ3) is 3.46. The number of carboxylic acids is 1. The zero-order valence-corrected chi connectivity index (χ0v) is 10.8. The molecule has 19 heavy (non-hydrogen) atoms. The molecule has 1 aliphatic rings. The van der Waals surface area contributed by atoms with Crippen LogP contribution in [0.1, 0.15) is 30.9 Å². The summed E-state index contributed by atoms with van der Waals surface area (Å²) in [5, 5.41) is 11.5. The van der Waals surface area contributed by atoms with Crippen molar-refractivity contribution >= 4 is 12.0 Å². The van der Waals surface area contributed by atoms with Gasteiger partial charge in [0, 0.05) is 12.6 Å². The first-order chi connectivity index (χ1) is 9.06. The number of aryl methyl sites for hydroxylation is 1. The lowest BCUT2D eigenvalue weighted by molar-refractivity contribution is -0.137. The van der Waals surface area contributed by atoms with Crippen molar-refractivity contribution in [2.75, 3.05) is 6.54 Å². The highest BCUT2D eigenvalue weighted by atomic mass is 16.4. The van der Waals surface area contributed by atoms with Crippen LogP contribution in [0.4, 0.5) is 4.79 Å². The Morgan fingerprint density at radius 1 is 1.63 bits per heavy atom. The number of hydrogen-bond acceptors (Lipinski definition) is 4. The number of hydrogen-bond donors (Lipinski definition) is 2. The molecule has 7 heteroatoms. The van der Waals surface area contributed by atoms with Crippen LogP contribution in [0.2, 0.25) is 0 Å². The molecule has 0 radical (unpaired) electrons. The number of aromatic nitrogens is 1. The van der Waals surface area contributed by atoms with E-state index >= 15 is 0 Å².